The van der Waals surface area contributed by atoms with Crippen molar-refractivity contribution in [3.8, 4) is 0 Å². The van der Waals surface area contributed by atoms with Crippen molar-refractivity contribution < 1.29 is 9.63 Å². The summed E-state index contributed by atoms with van der Waals surface area (Å²) in [6.45, 7) is 0. The fourth-order valence-corrected chi connectivity index (χ4v) is 0.217. The summed E-state index contributed by atoms with van der Waals surface area (Å²) in [5.41, 5.74) is 9.48. The second-order valence-electron chi connectivity index (χ2n) is 1.18. The number of amides is 1. The number of nitrogens with one attached hydrogen (secondary N) is 1. The first kappa shape index (κ1) is 7.75. The van der Waals surface area contributed by atoms with Gasteiger partial charge in [0.2, 0.25) is 5.91 Å². The fraction of sp³-hybridized carbons (Fsp3) is 0.200. The molecule has 0 fully saturated rings. The SMILES string of the molecule is CONC=C=CC(N)=O. The molecule has 3 N–H and O–H groups in total. The summed E-state index contributed by atoms with van der Waals surface area (Å²) >= 11 is 0. The Balaban J connectivity index is 3.54. The molecule has 0 aromatic rings. The average molecular weight is 128 g/mol. The molecule has 0 unspecified atom stereocenters. The molecule has 0 rings (SSSR count). The molecule has 0 aromatic carbocycles. The number of carbonyl (C=O) groups excluding carboxylic acids is 1. The summed E-state index contributed by atoms with van der Waals surface area (Å²) in [6.07, 6.45) is 2.41. The number of nitrogens with two attached hydrogens (primary N) is 1. The van der Waals surface area contributed by atoms with Crippen LogP contribution in [-0.2, 0) is 9.63 Å². The summed E-state index contributed by atoms with van der Waals surface area (Å²) in [5, 5.41) is 0. The van der Waals surface area contributed by atoms with E-state index in [-0.39, 0.29) is 0 Å². The smallest absolute Gasteiger partial charge is 0.249 e. The molecule has 0 bridgehead atoms. The number of rotatable bonds is 3. The Labute approximate surface area is 52.9 Å². The highest BCUT2D eigenvalue weighted by molar-refractivity contribution is 5.85. The minimum Gasteiger partial charge on any atom is -0.366 e. The number of hydrogen-bond donors (Lipinski definition) is 2. The molecule has 4 nitrogen and oxygen atoms in total. The van der Waals surface area contributed by atoms with Crippen LogP contribution in [-0.4, -0.2) is 13.0 Å². The molecule has 9 heavy (non-hydrogen) atoms. The van der Waals surface area contributed by atoms with Gasteiger partial charge < -0.3 is 5.73 Å². The summed E-state index contributed by atoms with van der Waals surface area (Å²) in [4.78, 5) is 14.4. The van der Waals surface area contributed by atoms with Gasteiger partial charge in [-0.3, -0.25) is 15.1 Å². The van der Waals surface area contributed by atoms with Gasteiger partial charge in [0.15, 0.2) is 0 Å². The van der Waals surface area contributed by atoms with Gasteiger partial charge in [0.05, 0.1) is 13.3 Å². The lowest BCUT2D eigenvalue weighted by atomic mass is 10.6. The Hall–Kier alpha value is -1.25. The molecule has 0 aromatic heterocycles. The number of hydroxylamine groups is 1. The quantitative estimate of drug-likeness (QED) is 0.300. The van der Waals surface area contributed by atoms with E-state index in [1.807, 2.05) is 0 Å². The van der Waals surface area contributed by atoms with Crippen LogP contribution in [0, 0.1) is 0 Å². The van der Waals surface area contributed by atoms with Crippen molar-refractivity contribution in [3.05, 3.63) is 18.0 Å². The lowest BCUT2D eigenvalue weighted by Gasteiger charge is -1.86. The van der Waals surface area contributed by atoms with Gasteiger partial charge in [-0.1, -0.05) is 5.73 Å². The van der Waals surface area contributed by atoms with Crippen LogP contribution in [0.4, 0.5) is 0 Å². The summed E-state index contributed by atoms with van der Waals surface area (Å²) < 4.78 is 0. The Morgan fingerprint density at radius 2 is 2.56 bits per heavy atom. The van der Waals surface area contributed by atoms with Gasteiger partial charge in [-0.15, -0.1) is 0 Å². The second-order valence-corrected chi connectivity index (χ2v) is 1.18. The zero-order chi connectivity index (χ0) is 7.11. The maximum absolute atomic E-state index is 9.98. The molecule has 0 radical (unpaired) electrons. The fourth-order valence-electron chi connectivity index (χ4n) is 0.217. The normalized spacial score (nSPS) is 7.22. The van der Waals surface area contributed by atoms with E-state index in [4.69, 9.17) is 5.73 Å². The molecule has 0 aliphatic rings. The van der Waals surface area contributed by atoms with Gasteiger partial charge in [0.1, 0.15) is 0 Å². The third-order valence-corrected chi connectivity index (χ3v) is 0.486. The molecule has 1 amide bonds. The molecule has 0 saturated carbocycles. The van der Waals surface area contributed by atoms with Crippen LogP contribution in [0.25, 0.3) is 0 Å². The van der Waals surface area contributed by atoms with Crippen molar-refractivity contribution >= 4 is 5.91 Å². The largest absolute Gasteiger partial charge is 0.366 e. The third-order valence-electron chi connectivity index (χ3n) is 0.486. The van der Waals surface area contributed by atoms with Crippen LogP contribution in [0.1, 0.15) is 0 Å². The topological polar surface area (TPSA) is 64.3 Å². The van der Waals surface area contributed by atoms with E-state index in [1.54, 1.807) is 0 Å². The van der Waals surface area contributed by atoms with E-state index in [0.29, 0.717) is 0 Å². The van der Waals surface area contributed by atoms with Crippen molar-refractivity contribution in [2.45, 2.75) is 0 Å². The van der Waals surface area contributed by atoms with Crippen molar-refractivity contribution in [2.24, 2.45) is 5.73 Å². The second kappa shape index (κ2) is 4.90. The number of primary amides is 1. The van der Waals surface area contributed by atoms with Crippen LogP contribution >= 0.6 is 0 Å². The van der Waals surface area contributed by atoms with Crippen LogP contribution in [0.5, 0.6) is 0 Å². The molecule has 0 atom stereocenters. The van der Waals surface area contributed by atoms with Crippen molar-refractivity contribution in [1.29, 1.82) is 0 Å². The Kier molecular flexibility index (Phi) is 4.22. The van der Waals surface area contributed by atoms with Gasteiger partial charge in [-0.2, -0.15) is 0 Å². The van der Waals surface area contributed by atoms with Gasteiger partial charge in [0.25, 0.3) is 0 Å². The molecule has 0 heterocycles. The Morgan fingerprint density at radius 1 is 1.89 bits per heavy atom. The molecule has 0 spiro atoms. The lowest BCUT2D eigenvalue weighted by molar-refractivity contribution is -0.113. The van der Waals surface area contributed by atoms with E-state index in [0.717, 1.165) is 6.08 Å². The summed E-state index contributed by atoms with van der Waals surface area (Å²) in [6, 6.07) is 0. The first-order valence-electron chi connectivity index (χ1n) is 2.26. The van der Waals surface area contributed by atoms with Crippen molar-refractivity contribution in [3.63, 3.8) is 0 Å². The van der Waals surface area contributed by atoms with E-state index in [2.05, 4.69) is 16.0 Å². The zero-order valence-electron chi connectivity index (χ0n) is 5.05. The van der Waals surface area contributed by atoms with Gasteiger partial charge >= 0.3 is 0 Å². The number of hydrogen-bond acceptors (Lipinski definition) is 3. The maximum Gasteiger partial charge on any atom is 0.249 e. The molecule has 0 aliphatic heterocycles. The minimum atomic E-state index is -0.538. The van der Waals surface area contributed by atoms with E-state index in [9.17, 15) is 4.79 Å². The summed E-state index contributed by atoms with van der Waals surface area (Å²) in [7, 11) is 1.45. The number of carbonyl (C=O) groups is 1. The predicted molar refractivity (Wildman–Crippen MR) is 32.0 cm³/mol. The zero-order valence-corrected chi connectivity index (χ0v) is 5.05. The van der Waals surface area contributed by atoms with Crippen LogP contribution < -0.4 is 11.2 Å². The maximum atomic E-state index is 9.98. The van der Waals surface area contributed by atoms with Crippen LogP contribution in [0.15, 0.2) is 18.0 Å². The van der Waals surface area contributed by atoms with Gasteiger partial charge in [0, 0.05) is 6.08 Å². The van der Waals surface area contributed by atoms with Gasteiger partial charge in [-0.05, 0) is 0 Å². The van der Waals surface area contributed by atoms with Crippen LogP contribution in [0.3, 0.4) is 0 Å². The highest BCUT2D eigenvalue weighted by Gasteiger charge is 1.74. The van der Waals surface area contributed by atoms with E-state index < -0.39 is 5.91 Å². The highest BCUT2D eigenvalue weighted by Crippen LogP contribution is 1.61. The Bertz CT molecular complexity index is 147. The van der Waals surface area contributed by atoms with Crippen LogP contribution in [0.2, 0.25) is 0 Å². The average Bonchev–Trinajstić information content (AvgIpc) is 1.80. The first-order valence-corrected chi connectivity index (χ1v) is 2.26. The standard InChI is InChI=1S/C5H8N2O2/c1-9-7-4-2-3-5(6)8/h3-4,7H,1H3,(H2,6,8). The minimum absolute atomic E-state index is 0.538. The molecular weight excluding hydrogens is 120 g/mol. The van der Waals surface area contributed by atoms with E-state index in [1.165, 1.54) is 13.3 Å². The monoisotopic (exact) mass is 128 g/mol. The third kappa shape index (κ3) is 6.75. The highest BCUT2D eigenvalue weighted by atomic mass is 16.6. The van der Waals surface area contributed by atoms with Gasteiger partial charge in [-0.25, -0.2) is 0 Å². The molecule has 0 saturated heterocycles. The molecule has 50 valence electrons. The molecular formula is C5H8N2O2. The first-order chi connectivity index (χ1) is 4.27. The molecule has 0 aliphatic carbocycles. The Morgan fingerprint density at radius 3 is 3.00 bits per heavy atom. The summed E-state index contributed by atoms with van der Waals surface area (Å²) in [5.74, 6) is -0.538. The van der Waals surface area contributed by atoms with Crippen molar-refractivity contribution in [2.75, 3.05) is 7.11 Å². The lowest BCUT2D eigenvalue weighted by Crippen LogP contribution is -2.05. The van der Waals surface area contributed by atoms with Crippen molar-refractivity contribution in [1.82, 2.24) is 5.48 Å². The molecule has 4 heteroatoms. The van der Waals surface area contributed by atoms with E-state index >= 15 is 0 Å². The predicted octanol–water partition coefficient (Wildman–Crippen LogP) is -0.709.